The van der Waals surface area contributed by atoms with Crippen molar-refractivity contribution in [3.63, 3.8) is 0 Å². The topological polar surface area (TPSA) is 85.8 Å². The standard InChI is InChI=1S/C21H33N5O2/c1-15(2)20(28)26-12-9-18(10-13-26)25-21(23-4)24-11-8-16-6-5-7-17(14-16)19(27)22-3/h5-7,14-15,18H,8-13H2,1-4H3,(H,22,27)(H2,23,24,25). The van der Waals surface area contributed by atoms with Crippen LogP contribution in [0.2, 0.25) is 0 Å². The molecule has 0 unspecified atom stereocenters. The number of nitrogens with one attached hydrogen (secondary N) is 3. The van der Waals surface area contributed by atoms with Gasteiger partial charge >= 0.3 is 0 Å². The van der Waals surface area contributed by atoms with Gasteiger partial charge in [-0.3, -0.25) is 14.6 Å². The van der Waals surface area contributed by atoms with E-state index in [1.54, 1.807) is 14.1 Å². The predicted octanol–water partition coefficient (Wildman–Crippen LogP) is 1.40. The molecule has 1 aliphatic rings. The smallest absolute Gasteiger partial charge is 0.251 e. The highest BCUT2D eigenvalue weighted by Crippen LogP contribution is 2.13. The van der Waals surface area contributed by atoms with E-state index in [2.05, 4.69) is 20.9 Å². The molecule has 2 amide bonds. The van der Waals surface area contributed by atoms with Gasteiger partial charge in [0.25, 0.3) is 5.91 Å². The van der Waals surface area contributed by atoms with E-state index in [-0.39, 0.29) is 17.7 Å². The SMILES string of the molecule is CN=C(NCCc1cccc(C(=O)NC)c1)NC1CCN(C(=O)C(C)C)CC1. The number of aliphatic imine (C=N–C) groups is 1. The third kappa shape index (κ3) is 6.25. The summed E-state index contributed by atoms with van der Waals surface area (Å²) >= 11 is 0. The molecule has 1 aromatic carbocycles. The first-order valence-corrected chi connectivity index (χ1v) is 10.0. The molecule has 7 heteroatoms. The molecule has 1 fully saturated rings. The third-order valence-electron chi connectivity index (χ3n) is 4.99. The number of carbonyl (C=O) groups is 2. The first kappa shape index (κ1) is 21.7. The van der Waals surface area contributed by atoms with Gasteiger partial charge in [0.1, 0.15) is 0 Å². The van der Waals surface area contributed by atoms with E-state index in [1.165, 1.54) is 0 Å². The van der Waals surface area contributed by atoms with Crippen LogP contribution in [0.3, 0.4) is 0 Å². The van der Waals surface area contributed by atoms with Crippen LogP contribution in [-0.2, 0) is 11.2 Å². The second kappa shape index (κ2) is 10.7. The summed E-state index contributed by atoms with van der Waals surface area (Å²) in [5, 5.41) is 9.44. The molecular weight excluding hydrogens is 354 g/mol. The fourth-order valence-corrected chi connectivity index (χ4v) is 3.33. The Balaban J connectivity index is 1.77. The number of nitrogens with zero attached hydrogens (tertiary/aromatic N) is 2. The molecule has 28 heavy (non-hydrogen) atoms. The van der Waals surface area contributed by atoms with E-state index in [0.29, 0.717) is 11.6 Å². The fourth-order valence-electron chi connectivity index (χ4n) is 3.33. The highest BCUT2D eigenvalue weighted by molar-refractivity contribution is 5.94. The normalized spacial score (nSPS) is 15.5. The molecule has 0 spiro atoms. The minimum atomic E-state index is -0.0745. The van der Waals surface area contributed by atoms with Crippen LogP contribution < -0.4 is 16.0 Å². The number of piperidine rings is 1. The molecule has 2 rings (SSSR count). The Morgan fingerprint density at radius 3 is 2.57 bits per heavy atom. The molecule has 0 saturated carbocycles. The van der Waals surface area contributed by atoms with Crippen molar-refractivity contribution in [3.05, 3.63) is 35.4 Å². The van der Waals surface area contributed by atoms with Gasteiger partial charge in [0.15, 0.2) is 5.96 Å². The molecular formula is C21H33N5O2. The number of rotatable bonds is 6. The number of amides is 2. The lowest BCUT2D eigenvalue weighted by atomic mass is 10.0. The number of hydrogen-bond donors (Lipinski definition) is 3. The first-order valence-electron chi connectivity index (χ1n) is 10.0. The van der Waals surface area contributed by atoms with Gasteiger partial charge in [0.05, 0.1) is 0 Å². The number of carbonyl (C=O) groups excluding carboxylic acids is 2. The average Bonchev–Trinajstić information content (AvgIpc) is 2.72. The van der Waals surface area contributed by atoms with Crippen molar-refractivity contribution < 1.29 is 9.59 Å². The van der Waals surface area contributed by atoms with Gasteiger partial charge in [-0.25, -0.2) is 0 Å². The maximum absolute atomic E-state index is 12.1. The summed E-state index contributed by atoms with van der Waals surface area (Å²) in [6, 6.07) is 7.97. The molecule has 154 valence electrons. The maximum Gasteiger partial charge on any atom is 0.251 e. The second-order valence-electron chi connectivity index (χ2n) is 7.43. The van der Waals surface area contributed by atoms with E-state index in [1.807, 2.05) is 43.0 Å². The van der Waals surface area contributed by atoms with Gasteiger partial charge in [-0.1, -0.05) is 26.0 Å². The predicted molar refractivity (Wildman–Crippen MR) is 112 cm³/mol. The second-order valence-corrected chi connectivity index (χ2v) is 7.43. The quantitative estimate of drug-likeness (QED) is 0.509. The lowest BCUT2D eigenvalue weighted by molar-refractivity contribution is -0.135. The van der Waals surface area contributed by atoms with Crippen LogP contribution in [0.15, 0.2) is 29.3 Å². The van der Waals surface area contributed by atoms with Crippen LogP contribution in [0.1, 0.15) is 42.6 Å². The lowest BCUT2D eigenvalue weighted by Gasteiger charge is -2.34. The van der Waals surface area contributed by atoms with Crippen LogP contribution in [0, 0.1) is 5.92 Å². The van der Waals surface area contributed by atoms with E-state index in [9.17, 15) is 9.59 Å². The highest BCUT2D eigenvalue weighted by Gasteiger charge is 2.24. The van der Waals surface area contributed by atoms with Crippen LogP contribution in [0.25, 0.3) is 0 Å². The molecule has 0 aliphatic carbocycles. The van der Waals surface area contributed by atoms with Gasteiger partial charge in [0, 0.05) is 51.3 Å². The van der Waals surface area contributed by atoms with Crippen LogP contribution in [0.4, 0.5) is 0 Å². The minimum absolute atomic E-state index is 0.0563. The molecule has 0 aromatic heterocycles. The van der Waals surface area contributed by atoms with Crippen molar-refractivity contribution in [3.8, 4) is 0 Å². The minimum Gasteiger partial charge on any atom is -0.356 e. The summed E-state index contributed by atoms with van der Waals surface area (Å²) < 4.78 is 0. The van der Waals surface area contributed by atoms with E-state index in [4.69, 9.17) is 0 Å². The zero-order chi connectivity index (χ0) is 20.5. The summed E-state index contributed by atoms with van der Waals surface area (Å²) in [5.41, 5.74) is 1.77. The summed E-state index contributed by atoms with van der Waals surface area (Å²) in [7, 11) is 3.40. The Kier molecular flexibility index (Phi) is 8.29. The molecule has 1 saturated heterocycles. The summed E-state index contributed by atoms with van der Waals surface area (Å²) in [5.74, 6) is 0.992. The number of benzene rings is 1. The lowest BCUT2D eigenvalue weighted by Crippen LogP contribution is -2.50. The molecule has 1 heterocycles. The average molecular weight is 388 g/mol. The Hall–Kier alpha value is -2.57. The number of guanidine groups is 1. The molecule has 0 atom stereocenters. The van der Waals surface area contributed by atoms with Crippen molar-refractivity contribution in [1.82, 2.24) is 20.9 Å². The van der Waals surface area contributed by atoms with Gasteiger partial charge in [-0.2, -0.15) is 0 Å². The summed E-state index contributed by atoms with van der Waals surface area (Å²) in [6.07, 6.45) is 2.65. The Morgan fingerprint density at radius 2 is 1.96 bits per heavy atom. The number of likely N-dealkylation sites (tertiary alicyclic amines) is 1. The summed E-state index contributed by atoms with van der Waals surface area (Å²) in [6.45, 7) is 6.20. The van der Waals surface area contributed by atoms with Crippen molar-refractivity contribution >= 4 is 17.8 Å². The zero-order valence-corrected chi connectivity index (χ0v) is 17.4. The van der Waals surface area contributed by atoms with Crippen molar-refractivity contribution in [2.24, 2.45) is 10.9 Å². The van der Waals surface area contributed by atoms with Crippen LogP contribution in [0.5, 0.6) is 0 Å². The summed E-state index contributed by atoms with van der Waals surface area (Å²) in [4.78, 5) is 30.1. The highest BCUT2D eigenvalue weighted by atomic mass is 16.2. The van der Waals surface area contributed by atoms with Crippen molar-refractivity contribution in [1.29, 1.82) is 0 Å². The van der Waals surface area contributed by atoms with Crippen molar-refractivity contribution in [2.75, 3.05) is 33.7 Å². The van der Waals surface area contributed by atoms with Gasteiger partial charge < -0.3 is 20.9 Å². The van der Waals surface area contributed by atoms with Gasteiger partial charge in [0.2, 0.25) is 5.91 Å². The molecule has 3 N–H and O–H groups in total. The van der Waals surface area contributed by atoms with Crippen molar-refractivity contribution in [2.45, 2.75) is 39.2 Å². The van der Waals surface area contributed by atoms with Crippen LogP contribution in [-0.4, -0.2) is 62.4 Å². The fraction of sp³-hybridized carbons (Fsp3) is 0.571. The Morgan fingerprint density at radius 1 is 1.25 bits per heavy atom. The largest absolute Gasteiger partial charge is 0.356 e. The molecule has 0 bridgehead atoms. The monoisotopic (exact) mass is 387 g/mol. The van der Waals surface area contributed by atoms with Gasteiger partial charge in [-0.05, 0) is 37.0 Å². The number of hydrogen-bond acceptors (Lipinski definition) is 3. The zero-order valence-electron chi connectivity index (χ0n) is 17.4. The Bertz CT molecular complexity index is 694. The van der Waals surface area contributed by atoms with Crippen LogP contribution >= 0.6 is 0 Å². The molecule has 1 aromatic rings. The molecule has 7 nitrogen and oxygen atoms in total. The molecule has 1 aliphatic heterocycles. The Labute approximate surface area is 168 Å². The van der Waals surface area contributed by atoms with E-state index in [0.717, 1.165) is 50.4 Å². The van der Waals surface area contributed by atoms with E-state index >= 15 is 0 Å². The maximum atomic E-state index is 12.1. The first-order chi connectivity index (χ1) is 13.4. The van der Waals surface area contributed by atoms with Gasteiger partial charge in [-0.15, -0.1) is 0 Å². The van der Waals surface area contributed by atoms with E-state index < -0.39 is 0 Å². The third-order valence-corrected chi connectivity index (χ3v) is 4.99. The molecule has 0 radical (unpaired) electrons.